The van der Waals surface area contributed by atoms with Crippen LogP contribution in [0, 0.1) is 0 Å². The van der Waals surface area contributed by atoms with E-state index in [2.05, 4.69) is 60.8 Å². The first-order valence-corrected chi connectivity index (χ1v) is 6.56. The lowest BCUT2D eigenvalue weighted by Crippen LogP contribution is -2.01. The van der Waals surface area contributed by atoms with Gasteiger partial charge in [-0.25, -0.2) is 0 Å². The van der Waals surface area contributed by atoms with Crippen LogP contribution in [0.1, 0.15) is 13.8 Å². The van der Waals surface area contributed by atoms with Crippen molar-refractivity contribution in [1.82, 2.24) is 5.32 Å². The molecule has 2 aromatic rings. The van der Waals surface area contributed by atoms with Crippen LogP contribution in [-0.4, -0.2) is 24.7 Å². The van der Waals surface area contributed by atoms with Gasteiger partial charge in [-0.3, -0.25) is 4.79 Å². The molecule has 0 atom stereocenters. The van der Waals surface area contributed by atoms with Crippen LogP contribution in [0.2, 0.25) is 0 Å². The first-order chi connectivity index (χ1) is 9.61. The van der Waals surface area contributed by atoms with E-state index in [1.54, 1.807) is 0 Å². The third-order valence-corrected chi connectivity index (χ3v) is 2.23. The number of aliphatic carboxylic acids is 1. The molecular weight excluding hydrogens is 250 g/mol. The normalized spacial score (nSPS) is 8.55. The zero-order valence-electron chi connectivity index (χ0n) is 12.3. The predicted molar refractivity (Wildman–Crippen MR) is 84.8 cm³/mol. The van der Waals surface area contributed by atoms with Crippen LogP contribution in [-0.2, 0) is 4.79 Å². The van der Waals surface area contributed by atoms with E-state index in [1.165, 1.54) is 11.1 Å². The highest BCUT2D eigenvalue weighted by atomic mass is 16.4. The quantitative estimate of drug-likeness (QED) is 0.877. The largest absolute Gasteiger partial charge is 0.481 e. The average molecular weight is 273 g/mol. The van der Waals surface area contributed by atoms with Crippen molar-refractivity contribution in [3.8, 4) is 11.1 Å². The van der Waals surface area contributed by atoms with Crippen molar-refractivity contribution in [3.05, 3.63) is 60.7 Å². The molecule has 0 fully saturated rings. The van der Waals surface area contributed by atoms with E-state index in [0.29, 0.717) is 0 Å². The Kier molecular flexibility index (Phi) is 10.7. The third-order valence-electron chi connectivity index (χ3n) is 2.23. The Balaban J connectivity index is 0.000000380. The van der Waals surface area contributed by atoms with Crippen molar-refractivity contribution < 1.29 is 9.90 Å². The fourth-order valence-electron chi connectivity index (χ4n) is 1.26. The molecule has 0 radical (unpaired) electrons. The molecule has 3 nitrogen and oxygen atoms in total. The van der Waals surface area contributed by atoms with Crippen LogP contribution in [0.3, 0.4) is 0 Å². The summed E-state index contributed by atoms with van der Waals surface area (Å²) in [4.78, 5) is 9.00. The third kappa shape index (κ3) is 9.85. The Labute approximate surface area is 121 Å². The molecule has 108 valence electrons. The second kappa shape index (κ2) is 11.9. The number of rotatable bonds is 2. The number of carbonyl (C=O) groups is 1. The summed E-state index contributed by atoms with van der Waals surface area (Å²) in [6.45, 7) is 4.22. The summed E-state index contributed by atoms with van der Waals surface area (Å²) in [5.74, 6) is -0.833. The van der Waals surface area contributed by atoms with Gasteiger partial charge in [0.15, 0.2) is 0 Å². The molecule has 0 aliphatic carbocycles. The fraction of sp³-hybridized carbons (Fsp3) is 0.235. The summed E-state index contributed by atoms with van der Waals surface area (Å²) in [7, 11) is 1.93. The lowest BCUT2D eigenvalue weighted by molar-refractivity contribution is -0.134. The molecule has 0 aromatic heterocycles. The van der Waals surface area contributed by atoms with Gasteiger partial charge in [0.25, 0.3) is 5.97 Å². The van der Waals surface area contributed by atoms with Crippen LogP contribution in [0.15, 0.2) is 60.7 Å². The van der Waals surface area contributed by atoms with E-state index in [0.717, 1.165) is 13.5 Å². The van der Waals surface area contributed by atoms with Gasteiger partial charge in [-0.15, -0.1) is 0 Å². The smallest absolute Gasteiger partial charge is 0.300 e. The van der Waals surface area contributed by atoms with E-state index < -0.39 is 5.97 Å². The van der Waals surface area contributed by atoms with Gasteiger partial charge in [0.2, 0.25) is 0 Å². The first-order valence-electron chi connectivity index (χ1n) is 6.56. The van der Waals surface area contributed by atoms with Crippen molar-refractivity contribution in [2.45, 2.75) is 13.8 Å². The molecule has 2 N–H and O–H groups in total. The Bertz CT molecular complexity index is 411. The van der Waals surface area contributed by atoms with Gasteiger partial charge >= 0.3 is 0 Å². The lowest BCUT2D eigenvalue weighted by Gasteiger charge is -1.98. The van der Waals surface area contributed by atoms with Gasteiger partial charge in [0.1, 0.15) is 0 Å². The van der Waals surface area contributed by atoms with Crippen molar-refractivity contribution in [1.29, 1.82) is 0 Å². The predicted octanol–water partition coefficient (Wildman–Crippen LogP) is 3.67. The standard InChI is InChI=1S/C12H10.C3H9N.C2H4O2/c1-3-7-11(8-4-1)12-9-5-2-6-10-12;1-3-4-2;1-2(3)4/h1-10H;4H,3H2,1-2H3;1H3,(H,3,4). The molecule has 2 aromatic carbocycles. The van der Waals surface area contributed by atoms with Crippen molar-refractivity contribution in [2.75, 3.05) is 13.6 Å². The molecule has 0 saturated heterocycles. The molecule has 0 heterocycles. The minimum Gasteiger partial charge on any atom is -0.481 e. The topological polar surface area (TPSA) is 49.3 Å². The lowest BCUT2D eigenvalue weighted by atomic mass is 10.1. The van der Waals surface area contributed by atoms with Gasteiger partial charge in [-0.1, -0.05) is 67.6 Å². The maximum atomic E-state index is 9.00. The zero-order chi connectivity index (χ0) is 15.2. The summed E-state index contributed by atoms with van der Waals surface area (Å²) < 4.78 is 0. The number of nitrogens with one attached hydrogen (secondary N) is 1. The Morgan fingerprint density at radius 3 is 1.40 bits per heavy atom. The summed E-state index contributed by atoms with van der Waals surface area (Å²) in [5.41, 5.74) is 2.55. The Morgan fingerprint density at radius 2 is 1.20 bits per heavy atom. The van der Waals surface area contributed by atoms with Gasteiger partial charge < -0.3 is 10.4 Å². The first kappa shape index (κ1) is 17.9. The molecule has 3 heteroatoms. The molecule has 0 unspecified atom stereocenters. The maximum Gasteiger partial charge on any atom is 0.300 e. The van der Waals surface area contributed by atoms with Crippen LogP contribution >= 0.6 is 0 Å². The highest BCUT2D eigenvalue weighted by Gasteiger charge is 1.91. The highest BCUT2D eigenvalue weighted by molar-refractivity contribution is 5.63. The van der Waals surface area contributed by atoms with Crippen molar-refractivity contribution in [2.24, 2.45) is 0 Å². The second-order valence-corrected chi connectivity index (χ2v) is 3.96. The van der Waals surface area contributed by atoms with Crippen molar-refractivity contribution >= 4 is 5.97 Å². The average Bonchev–Trinajstić information content (AvgIpc) is 2.49. The fourth-order valence-corrected chi connectivity index (χ4v) is 1.26. The molecule has 2 rings (SSSR count). The molecule has 0 amide bonds. The van der Waals surface area contributed by atoms with Crippen molar-refractivity contribution in [3.63, 3.8) is 0 Å². The molecule has 0 spiro atoms. The summed E-state index contributed by atoms with van der Waals surface area (Å²) in [5, 5.41) is 10.3. The monoisotopic (exact) mass is 273 g/mol. The molecule has 0 aliphatic heterocycles. The van der Waals surface area contributed by atoms with Gasteiger partial charge in [-0.2, -0.15) is 0 Å². The van der Waals surface area contributed by atoms with E-state index in [-0.39, 0.29) is 0 Å². The van der Waals surface area contributed by atoms with Gasteiger partial charge in [0, 0.05) is 6.92 Å². The number of benzene rings is 2. The zero-order valence-corrected chi connectivity index (χ0v) is 12.3. The minimum absolute atomic E-state index is 0.833. The SMILES string of the molecule is CC(=O)O.CCNC.c1ccc(-c2ccccc2)cc1. The van der Waals surface area contributed by atoms with Gasteiger partial charge in [-0.05, 0) is 24.7 Å². The molecule has 0 saturated carbocycles. The molecular formula is C17H23NO2. The number of hydrogen-bond acceptors (Lipinski definition) is 2. The van der Waals surface area contributed by atoms with E-state index in [1.807, 2.05) is 19.2 Å². The summed E-state index contributed by atoms with van der Waals surface area (Å²) in [6.07, 6.45) is 0. The summed E-state index contributed by atoms with van der Waals surface area (Å²) in [6, 6.07) is 20.8. The van der Waals surface area contributed by atoms with Crippen LogP contribution in [0.25, 0.3) is 11.1 Å². The molecule has 0 bridgehead atoms. The van der Waals surface area contributed by atoms with Crippen LogP contribution in [0.5, 0.6) is 0 Å². The van der Waals surface area contributed by atoms with E-state index in [4.69, 9.17) is 9.90 Å². The molecule has 0 aliphatic rings. The second-order valence-electron chi connectivity index (χ2n) is 3.96. The van der Waals surface area contributed by atoms with E-state index in [9.17, 15) is 0 Å². The maximum absolute atomic E-state index is 9.00. The highest BCUT2D eigenvalue weighted by Crippen LogP contribution is 2.17. The van der Waals surface area contributed by atoms with Crippen LogP contribution < -0.4 is 5.32 Å². The summed E-state index contributed by atoms with van der Waals surface area (Å²) >= 11 is 0. The Hall–Kier alpha value is -2.13. The van der Waals surface area contributed by atoms with E-state index >= 15 is 0 Å². The number of carboxylic acid groups (broad SMARTS) is 1. The number of carboxylic acids is 1. The van der Waals surface area contributed by atoms with Gasteiger partial charge in [0.05, 0.1) is 0 Å². The minimum atomic E-state index is -0.833. The van der Waals surface area contributed by atoms with Crippen LogP contribution in [0.4, 0.5) is 0 Å². The number of hydrogen-bond donors (Lipinski definition) is 2. The Morgan fingerprint density at radius 1 is 0.950 bits per heavy atom. The molecule has 20 heavy (non-hydrogen) atoms.